The molecular weight excluding hydrogens is 456 g/mol. The van der Waals surface area contributed by atoms with E-state index in [9.17, 15) is 29.1 Å². The number of nitrogens with one attached hydrogen (secondary N) is 5. The molecule has 12 heteroatoms. The molecule has 192 valence electrons. The summed E-state index contributed by atoms with van der Waals surface area (Å²) in [5.41, 5.74) is 0.969. The second kappa shape index (κ2) is 13.3. The van der Waals surface area contributed by atoms with Crippen molar-refractivity contribution in [2.24, 2.45) is 0 Å². The molecular formula is C23H34N6O6. The molecule has 0 saturated carbocycles. The fraction of sp³-hybridized carbons (Fsp3) is 0.522. The monoisotopic (exact) mass is 490 g/mol. The Kier molecular flexibility index (Phi) is 10.5. The number of hydrogen-bond acceptors (Lipinski definition) is 6. The molecule has 1 aromatic rings. The second-order valence-electron chi connectivity index (χ2n) is 8.49. The lowest BCUT2D eigenvalue weighted by Gasteiger charge is -2.28. The molecule has 2 bridgehead atoms. The van der Waals surface area contributed by atoms with Crippen LogP contribution < -0.4 is 26.6 Å². The van der Waals surface area contributed by atoms with E-state index in [1.54, 1.807) is 36.1 Å². The van der Waals surface area contributed by atoms with E-state index in [-0.39, 0.29) is 24.7 Å². The molecule has 0 unspecified atom stereocenters. The zero-order valence-electron chi connectivity index (χ0n) is 20.2. The normalized spacial score (nSPS) is 21.8. The predicted molar refractivity (Wildman–Crippen MR) is 127 cm³/mol. The maximum atomic E-state index is 12.9. The number of urea groups is 2. The van der Waals surface area contributed by atoms with Crippen LogP contribution >= 0.6 is 0 Å². The number of amides is 7. The smallest absolute Gasteiger partial charge is 0.322 e. The maximum Gasteiger partial charge on any atom is 0.322 e. The first-order chi connectivity index (χ1) is 16.6. The van der Waals surface area contributed by atoms with Crippen LogP contribution in [-0.4, -0.2) is 77.6 Å². The van der Waals surface area contributed by atoms with E-state index < -0.39 is 48.5 Å². The van der Waals surface area contributed by atoms with Gasteiger partial charge in [0.1, 0.15) is 6.04 Å². The lowest BCUT2D eigenvalue weighted by atomic mass is 10.1. The van der Waals surface area contributed by atoms with E-state index in [1.165, 1.54) is 6.92 Å². The van der Waals surface area contributed by atoms with Gasteiger partial charge in [-0.1, -0.05) is 25.5 Å². The Hall–Kier alpha value is -3.67. The van der Waals surface area contributed by atoms with Gasteiger partial charge in [0.25, 0.3) is 5.91 Å². The average molecular weight is 491 g/mol. The Morgan fingerprint density at radius 2 is 1.83 bits per heavy atom. The third-order valence-electron chi connectivity index (χ3n) is 5.30. The first-order valence-electron chi connectivity index (χ1n) is 11.6. The number of rotatable bonds is 4. The summed E-state index contributed by atoms with van der Waals surface area (Å²) in [6.45, 7) is 5.37. The standard InChI is InChI=1S/C23H34N6O6/c1-4-5-9-29-13-14(2)26-21(33)19(15(3)30)28-22(34)27-18(31)12-24-20(32)17-8-6-7-16(10-17)11-25-23(29)35/h6-8,10,14-15,19,30H,4-5,9,11-13H2,1-3H3,(H,24,32)(H,25,35)(H,26,33)(H2,27,28,31,34)/t14-,15+,19-/m0/s1. The summed E-state index contributed by atoms with van der Waals surface area (Å²) in [5, 5.41) is 22.2. The Morgan fingerprint density at radius 3 is 2.51 bits per heavy atom. The summed E-state index contributed by atoms with van der Waals surface area (Å²) < 4.78 is 0. The zero-order valence-corrected chi connectivity index (χ0v) is 20.2. The highest BCUT2D eigenvalue weighted by molar-refractivity contribution is 6.00. The minimum absolute atomic E-state index is 0.173. The first-order valence-corrected chi connectivity index (χ1v) is 11.6. The van der Waals surface area contributed by atoms with E-state index in [1.807, 2.05) is 12.2 Å². The van der Waals surface area contributed by atoms with Crippen molar-refractivity contribution < 1.29 is 29.1 Å². The van der Waals surface area contributed by atoms with Crippen LogP contribution in [0, 0.1) is 0 Å². The SMILES string of the molecule is CCCCN1C[C@H](C)NC(=O)[C@H]([C@@H](C)O)NC(=O)NC(=O)CNC(=O)c2cccc(c2)CNC1=O. The van der Waals surface area contributed by atoms with Gasteiger partial charge in [-0.15, -0.1) is 0 Å². The fourth-order valence-electron chi connectivity index (χ4n) is 3.46. The van der Waals surface area contributed by atoms with Crippen molar-refractivity contribution in [1.82, 2.24) is 31.5 Å². The quantitative estimate of drug-likeness (QED) is 0.342. The Labute approximate surface area is 204 Å². The third kappa shape index (κ3) is 8.89. The van der Waals surface area contributed by atoms with Crippen LogP contribution in [0.1, 0.15) is 49.5 Å². The van der Waals surface area contributed by atoms with Crippen LogP contribution in [-0.2, 0) is 16.1 Å². The van der Waals surface area contributed by atoms with Gasteiger partial charge >= 0.3 is 12.1 Å². The summed E-state index contributed by atoms with van der Waals surface area (Å²) in [7, 11) is 0. The molecule has 0 saturated heterocycles. The molecule has 0 aliphatic carbocycles. The lowest BCUT2D eigenvalue weighted by molar-refractivity contribution is -0.126. The van der Waals surface area contributed by atoms with Gasteiger partial charge < -0.3 is 31.3 Å². The number of fused-ring (bicyclic) bond motifs is 2. The molecule has 7 amide bonds. The van der Waals surface area contributed by atoms with Crippen LogP contribution in [0.2, 0.25) is 0 Å². The number of aliphatic hydroxyl groups is 1. The Bertz CT molecular complexity index is 937. The maximum absolute atomic E-state index is 12.9. The highest BCUT2D eigenvalue weighted by Gasteiger charge is 2.28. The topological polar surface area (TPSA) is 169 Å². The highest BCUT2D eigenvalue weighted by Crippen LogP contribution is 2.07. The van der Waals surface area contributed by atoms with Gasteiger partial charge in [0.15, 0.2) is 0 Å². The van der Waals surface area contributed by atoms with Crippen molar-refractivity contribution >= 4 is 29.8 Å². The molecule has 1 aliphatic heterocycles. The Balaban J connectivity index is 2.28. The summed E-state index contributed by atoms with van der Waals surface area (Å²) >= 11 is 0. The van der Waals surface area contributed by atoms with Crippen LogP contribution in [0.25, 0.3) is 0 Å². The minimum Gasteiger partial charge on any atom is -0.391 e. The molecule has 6 N–H and O–H groups in total. The summed E-state index contributed by atoms with van der Waals surface area (Å²) in [5.74, 6) is -2.01. The van der Waals surface area contributed by atoms with Crippen LogP contribution in [0.3, 0.4) is 0 Å². The molecule has 0 fully saturated rings. The number of hydrogen-bond donors (Lipinski definition) is 6. The third-order valence-corrected chi connectivity index (χ3v) is 5.30. The van der Waals surface area contributed by atoms with Crippen molar-refractivity contribution in [2.75, 3.05) is 19.6 Å². The van der Waals surface area contributed by atoms with Crippen molar-refractivity contribution in [2.45, 2.75) is 58.3 Å². The molecule has 0 radical (unpaired) electrons. The van der Waals surface area contributed by atoms with E-state index in [2.05, 4.69) is 21.3 Å². The first kappa shape index (κ1) is 27.6. The zero-order chi connectivity index (χ0) is 26.0. The second-order valence-corrected chi connectivity index (χ2v) is 8.49. The summed E-state index contributed by atoms with van der Waals surface area (Å²) in [6.07, 6.45) is 0.363. The molecule has 3 atom stereocenters. The van der Waals surface area contributed by atoms with Gasteiger partial charge in [0.2, 0.25) is 11.8 Å². The average Bonchev–Trinajstić information content (AvgIpc) is 2.81. The number of carbonyl (C=O) groups is 5. The number of aliphatic hydroxyl groups excluding tert-OH is 1. The van der Waals surface area contributed by atoms with Crippen molar-refractivity contribution in [1.29, 1.82) is 0 Å². The predicted octanol–water partition coefficient (Wildman–Crippen LogP) is -0.178. The van der Waals surface area contributed by atoms with Gasteiger partial charge in [0.05, 0.1) is 12.6 Å². The van der Waals surface area contributed by atoms with Gasteiger partial charge in [-0.3, -0.25) is 19.7 Å². The van der Waals surface area contributed by atoms with E-state index >= 15 is 0 Å². The van der Waals surface area contributed by atoms with Crippen LogP contribution in [0.4, 0.5) is 9.59 Å². The molecule has 1 aliphatic rings. The minimum atomic E-state index is -1.35. The van der Waals surface area contributed by atoms with Crippen LogP contribution in [0.5, 0.6) is 0 Å². The van der Waals surface area contributed by atoms with Gasteiger partial charge in [-0.2, -0.15) is 0 Å². The number of imide groups is 1. The van der Waals surface area contributed by atoms with Crippen LogP contribution in [0.15, 0.2) is 24.3 Å². The fourth-order valence-corrected chi connectivity index (χ4v) is 3.46. The van der Waals surface area contributed by atoms with Crippen molar-refractivity contribution in [3.05, 3.63) is 35.4 Å². The molecule has 0 aromatic heterocycles. The molecule has 0 spiro atoms. The largest absolute Gasteiger partial charge is 0.391 e. The van der Waals surface area contributed by atoms with Crippen molar-refractivity contribution in [3.8, 4) is 0 Å². The van der Waals surface area contributed by atoms with Gasteiger partial charge in [-0.25, -0.2) is 9.59 Å². The summed E-state index contributed by atoms with van der Waals surface area (Å²) in [6, 6.07) is 3.41. The van der Waals surface area contributed by atoms with Crippen molar-refractivity contribution in [3.63, 3.8) is 0 Å². The van der Waals surface area contributed by atoms with Gasteiger partial charge in [-0.05, 0) is 38.0 Å². The molecule has 35 heavy (non-hydrogen) atoms. The number of unbranched alkanes of at least 4 members (excludes halogenated alkanes) is 1. The summed E-state index contributed by atoms with van der Waals surface area (Å²) in [4.78, 5) is 63.9. The number of benzene rings is 1. The van der Waals surface area contributed by atoms with E-state index in [4.69, 9.17) is 0 Å². The number of nitrogens with zero attached hydrogens (tertiary/aromatic N) is 1. The molecule has 2 rings (SSSR count). The molecule has 12 nitrogen and oxygen atoms in total. The Morgan fingerprint density at radius 1 is 1.09 bits per heavy atom. The lowest BCUT2D eigenvalue weighted by Crippen LogP contribution is -2.58. The van der Waals surface area contributed by atoms with E-state index in [0.717, 1.165) is 12.8 Å². The number of carbonyl (C=O) groups excluding carboxylic acids is 5. The van der Waals surface area contributed by atoms with E-state index in [0.29, 0.717) is 12.1 Å². The molecule has 1 heterocycles. The highest BCUT2D eigenvalue weighted by atomic mass is 16.3. The molecule has 1 aromatic carbocycles. The van der Waals surface area contributed by atoms with Gasteiger partial charge in [0, 0.05) is 31.2 Å².